The lowest BCUT2D eigenvalue weighted by atomic mass is 10.5. The molecular weight excluding hydrogens is 196 g/mol. The number of hydroxylamine groups is 2. The van der Waals surface area contributed by atoms with Crippen molar-refractivity contribution in [3.8, 4) is 0 Å². The second kappa shape index (κ2) is 13.8. The van der Waals surface area contributed by atoms with Crippen molar-refractivity contribution >= 4 is 0 Å². The lowest BCUT2D eigenvalue weighted by Gasteiger charge is -2.06. The zero-order chi connectivity index (χ0) is 11.2. The molecule has 0 aliphatic heterocycles. The molecule has 5 heteroatoms. The summed E-state index contributed by atoms with van der Waals surface area (Å²) in [7, 11) is 0. The summed E-state index contributed by atoms with van der Waals surface area (Å²) in [5.74, 6) is 0. The van der Waals surface area contributed by atoms with Gasteiger partial charge in [-0.1, -0.05) is 13.8 Å². The van der Waals surface area contributed by atoms with Gasteiger partial charge in [-0.2, -0.15) is 0 Å². The first-order valence-electron chi connectivity index (χ1n) is 5.68. The highest BCUT2D eigenvalue weighted by atomic mass is 16.7. The van der Waals surface area contributed by atoms with Crippen LogP contribution in [0.5, 0.6) is 0 Å². The Morgan fingerprint density at radius 2 is 1.20 bits per heavy atom. The normalized spacial score (nSPS) is 10.8. The molecule has 0 atom stereocenters. The Morgan fingerprint density at radius 1 is 0.733 bits per heavy atom. The summed E-state index contributed by atoms with van der Waals surface area (Å²) in [4.78, 5) is 10.2. The number of hydrogen-bond acceptors (Lipinski definition) is 5. The maximum atomic E-state index is 5.26. The molecule has 15 heavy (non-hydrogen) atoms. The van der Waals surface area contributed by atoms with Crippen molar-refractivity contribution in [3.05, 3.63) is 0 Å². The summed E-state index contributed by atoms with van der Waals surface area (Å²) < 4.78 is 5.26. The number of rotatable bonds is 12. The summed E-state index contributed by atoms with van der Waals surface area (Å²) in [6, 6.07) is 0. The van der Waals surface area contributed by atoms with Crippen molar-refractivity contribution in [1.82, 2.24) is 11.0 Å². The van der Waals surface area contributed by atoms with Gasteiger partial charge in [-0.3, -0.25) is 9.68 Å². The maximum Gasteiger partial charge on any atom is 0.0916 e. The molecule has 92 valence electrons. The molecular formula is C10H24N2O3. The fourth-order valence-corrected chi connectivity index (χ4v) is 0.796. The standard InChI is InChI=1S/C10H24N2O3/c1-3-5-11-14-9-7-13-8-10-15-12-6-4-2/h11-12H,3-10H2,1-2H3. The molecule has 5 nitrogen and oxygen atoms in total. The van der Waals surface area contributed by atoms with Gasteiger partial charge in [-0.05, 0) is 12.8 Å². The molecule has 0 aliphatic rings. The number of hydrogen-bond donors (Lipinski definition) is 2. The molecule has 0 saturated carbocycles. The van der Waals surface area contributed by atoms with E-state index >= 15 is 0 Å². The minimum Gasteiger partial charge on any atom is -0.377 e. The Balaban J connectivity index is 2.81. The summed E-state index contributed by atoms with van der Waals surface area (Å²) in [6.45, 7) is 8.27. The van der Waals surface area contributed by atoms with E-state index in [1.165, 1.54) is 0 Å². The first-order valence-corrected chi connectivity index (χ1v) is 5.68. The number of ether oxygens (including phenoxy) is 1. The third kappa shape index (κ3) is 13.8. The molecule has 0 aromatic carbocycles. The third-order valence-electron chi connectivity index (χ3n) is 1.57. The second-order valence-electron chi connectivity index (χ2n) is 3.10. The topological polar surface area (TPSA) is 51.8 Å². The van der Waals surface area contributed by atoms with Crippen LogP contribution in [-0.4, -0.2) is 39.5 Å². The van der Waals surface area contributed by atoms with Crippen LogP contribution in [-0.2, 0) is 14.4 Å². The lowest BCUT2D eigenvalue weighted by molar-refractivity contribution is -0.0348. The molecule has 0 unspecified atom stereocenters. The van der Waals surface area contributed by atoms with Gasteiger partial charge in [-0.15, -0.1) is 0 Å². The van der Waals surface area contributed by atoms with E-state index in [-0.39, 0.29) is 0 Å². The summed E-state index contributed by atoms with van der Waals surface area (Å²) in [5, 5.41) is 0. The molecule has 0 aromatic heterocycles. The monoisotopic (exact) mass is 220 g/mol. The smallest absolute Gasteiger partial charge is 0.0916 e. The molecule has 0 aromatic rings. The van der Waals surface area contributed by atoms with E-state index in [4.69, 9.17) is 14.4 Å². The van der Waals surface area contributed by atoms with Crippen LogP contribution >= 0.6 is 0 Å². The van der Waals surface area contributed by atoms with Crippen LogP contribution in [0.25, 0.3) is 0 Å². The quantitative estimate of drug-likeness (QED) is 0.377. The molecule has 0 rings (SSSR count). The Labute approximate surface area is 92.4 Å². The van der Waals surface area contributed by atoms with Crippen LogP contribution in [0.4, 0.5) is 0 Å². The highest BCUT2D eigenvalue weighted by Gasteiger charge is 1.90. The van der Waals surface area contributed by atoms with E-state index in [2.05, 4.69) is 24.8 Å². The maximum absolute atomic E-state index is 5.26. The predicted molar refractivity (Wildman–Crippen MR) is 59.3 cm³/mol. The van der Waals surface area contributed by atoms with E-state index in [0.29, 0.717) is 26.4 Å². The highest BCUT2D eigenvalue weighted by molar-refractivity contribution is 4.32. The Morgan fingerprint density at radius 3 is 1.60 bits per heavy atom. The third-order valence-corrected chi connectivity index (χ3v) is 1.57. The van der Waals surface area contributed by atoms with Crippen molar-refractivity contribution in [2.24, 2.45) is 0 Å². The van der Waals surface area contributed by atoms with Crippen LogP contribution in [0.15, 0.2) is 0 Å². The van der Waals surface area contributed by atoms with Crippen molar-refractivity contribution < 1.29 is 14.4 Å². The van der Waals surface area contributed by atoms with Gasteiger partial charge in [0.05, 0.1) is 26.4 Å². The largest absolute Gasteiger partial charge is 0.377 e. The minimum absolute atomic E-state index is 0.572. The zero-order valence-electron chi connectivity index (χ0n) is 9.88. The average Bonchev–Trinajstić information content (AvgIpc) is 2.26. The lowest BCUT2D eigenvalue weighted by Crippen LogP contribution is -2.21. The molecule has 2 N–H and O–H groups in total. The van der Waals surface area contributed by atoms with E-state index in [0.717, 1.165) is 25.9 Å². The van der Waals surface area contributed by atoms with Crippen LogP contribution < -0.4 is 11.0 Å². The van der Waals surface area contributed by atoms with Gasteiger partial charge in [0.25, 0.3) is 0 Å². The summed E-state index contributed by atoms with van der Waals surface area (Å²) in [5.41, 5.74) is 5.66. The molecule has 0 radical (unpaired) electrons. The highest BCUT2D eigenvalue weighted by Crippen LogP contribution is 1.78. The average molecular weight is 220 g/mol. The molecule has 0 heterocycles. The van der Waals surface area contributed by atoms with Gasteiger partial charge < -0.3 is 4.74 Å². The van der Waals surface area contributed by atoms with Gasteiger partial charge in [0.15, 0.2) is 0 Å². The molecule has 0 saturated heterocycles. The Hall–Kier alpha value is -0.200. The Bertz CT molecular complexity index is 103. The molecule has 0 fully saturated rings. The van der Waals surface area contributed by atoms with Crippen LogP contribution in [0.1, 0.15) is 26.7 Å². The van der Waals surface area contributed by atoms with E-state index < -0.39 is 0 Å². The van der Waals surface area contributed by atoms with Crippen molar-refractivity contribution in [2.75, 3.05) is 39.5 Å². The first kappa shape index (κ1) is 14.8. The first-order chi connectivity index (χ1) is 7.41. The van der Waals surface area contributed by atoms with Crippen LogP contribution in [0.3, 0.4) is 0 Å². The van der Waals surface area contributed by atoms with E-state index in [1.54, 1.807) is 0 Å². The second-order valence-corrected chi connectivity index (χ2v) is 3.10. The van der Waals surface area contributed by atoms with E-state index in [9.17, 15) is 0 Å². The zero-order valence-corrected chi connectivity index (χ0v) is 9.88. The van der Waals surface area contributed by atoms with Gasteiger partial charge in [0.2, 0.25) is 0 Å². The van der Waals surface area contributed by atoms with E-state index in [1.807, 2.05) is 0 Å². The van der Waals surface area contributed by atoms with Crippen molar-refractivity contribution in [1.29, 1.82) is 0 Å². The fraction of sp³-hybridized carbons (Fsp3) is 1.00. The molecule has 0 spiro atoms. The van der Waals surface area contributed by atoms with Gasteiger partial charge in [0, 0.05) is 13.1 Å². The minimum atomic E-state index is 0.572. The number of nitrogens with one attached hydrogen (secondary N) is 2. The summed E-state index contributed by atoms with van der Waals surface area (Å²) in [6.07, 6.45) is 2.13. The van der Waals surface area contributed by atoms with Crippen molar-refractivity contribution in [3.63, 3.8) is 0 Å². The van der Waals surface area contributed by atoms with Crippen LogP contribution in [0.2, 0.25) is 0 Å². The molecule has 0 amide bonds. The molecule has 0 bridgehead atoms. The van der Waals surface area contributed by atoms with Gasteiger partial charge in [-0.25, -0.2) is 11.0 Å². The fourth-order valence-electron chi connectivity index (χ4n) is 0.796. The SMILES string of the molecule is CCCNOCCOCCONCCC. The van der Waals surface area contributed by atoms with Crippen molar-refractivity contribution in [2.45, 2.75) is 26.7 Å². The summed E-state index contributed by atoms with van der Waals surface area (Å²) >= 11 is 0. The van der Waals surface area contributed by atoms with Crippen LogP contribution in [0, 0.1) is 0 Å². The Kier molecular flexibility index (Phi) is 13.6. The van der Waals surface area contributed by atoms with Gasteiger partial charge in [0.1, 0.15) is 0 Å². The predicted octanol–water partition coefficient (Wildman–Crippen LogP) is 0.865. The van der Waals surface area contributed by atoms with Gasteiger partial charge >= 0.3 is 0 Å². The molecule has 0 aliphatic carbocycles.